The number of anilines is 1. The van der Waals surface area contributed by atoms with E-state index in [9.17, 15) is 4.79 Å². The summed E-state index contributed by atoms with van der Waals surface area (Å²) >= 11 is 5.93. The van der Waals surface area contributed by atoms with Crippen molar-refractivity contribution in [3.05, 3.63) is 65.0 Å². The number of rotatable bonds is 4. The molecule has 2 atom stereocenters. The summed E-state index contributed by atoms with van der Waals surface area (Å²) in [4.78, 5) is 18.9. The lowest BCUT2D eigenvalue weighted by Gasteiger charge is -2.14. The molecule has 0 spiro atoms. The molecule has 4 rings (SSSR count). The third-order valence-electron chi connectivity index (χ3n) is 4.96. The van der Waals surface area contributed by atoms with E-state index in [-0.39, 0.29) is 18.1 Å². The topological polar surface area (TPSA) is 107 Å². The van der Waals surface area contributed by atoms with Crippen LogP contribution in [0.5, 0.6) is 0 Å². The van der Waals surface area contributed by atoms with Crippen molar-refractivity contribution in [1.82, 2.24) is 20.4 Å². The minimum atomic E-state index is -0.323. The standard InChI is InChI=1S/C21H19ClN6O2/c1-28-12-17(25-21(29)24-16-4-2-3-13(9-16)11-23)10-18(28)20-26-19(27-30-20)14-5-7-15(22)8-6-14/h2-9,17-18H,10,12H2,1H3,(H2,24,25,29). The number of carbonyl (C=O) groups excluding carboxylic acids is 1. The van der Waals surface area contributed by atoms with E-state index in [1.807, 2.05) is 19.2 Å². The molecule has 1 aliphatic heterocycles. The van der Waals surface area contributed by atoms with Gasteiger partial charge in [-0.1, -0.05) is 22.8 Å². The molecule has 2 N–H and O–H groups in total. The van der Waals surface area contributed by atoms with Crippen LogP contribution in [0.15, 0.2) is 53.1 Å². The summed E-state index contributed by atoms with van der Waals surface area (Å²) in [7, 11) is 1.95. The van der Waals surface area contributed by atoms with Crippen LogP contribution < -0.4 is 10.6 Å². The normalized spacial score (nSPS) is 18.7. The van der Waals surface area contributed by atoms with E-state index in [0.717, 1.165) is 5.56 Å². The van der Waals surface area contributed by atoms with Gasteiger partial charge in [-0.15, -0.1) is 0 Å². The first-order valence-corrected chi connectivity index (χ1v) is 9.77. The predicted octanol–water partition coefficient (Wildman–Crippen LogP) is 3.83. The van der Waals surface area contributed by atoms with Gasteiger partial charge in [0.25, 0.3) is 0 Å². The molecule has 1 aliphatic rings. The number of hydrogen-bond donors (Lipinski definition) is 2. The van der Waals surface area contributed by atoms with Crippen molar-refractivity contribution in [1.29, 1.82) is 5.26 Å². The lowest BCUT2D eigenvalue weighted by Crippen LogP contribution is -2.39. The molecule has 8 nitrogen and oxygen atoms in total. The highest BCUT2D eigenvalue weighted by Gasteiger charge is 2.35. The van der Waals surface area contributed by atoms with Crippen LogP contribution in [-0.4, -0.2) is 40.7 Å². The van der Waals surface area contributed by atoms with Gasteiger partial charge in [-0.25, -0.2) is 4.79 Å². The van der Waals surface area contributed by atoms with Gasteiger partial charge < -0.3 is 15.2 Å². The Bertz CT molecular complexity index is 1090. The van der Waals surface area contributed by atoms with Crippen LogP contribution in [-0.2, 0) is 0 Å². The molecular formula is C21H19ClN6O2. The Kier molecular flexibility index (Phi) is 5.65. The molecule has 2 heterocycles. The van der Waals surface area contributed by atoms with Crippen molar-refractivity contribution < 1.29 is 9.32 Å². The number of carbonyl (C=O) groups is 1. The van der Waals surface area contributed by atoms with Gasteiger partial charge in [0.05, 0.1) is 17.7 Å². The maximum Gasteiger partial charge on any atom is 0.319 e. The predicted molar refractivity (Wildman–Crippen MR) is 112 cm³/mol. The van der Waals surface area contributed by atoms with Crippen LogP contribution in [0.4, 0.5) is 10.5 Å². The molecule has 1 aromatic heterocycles. The molecule has 0 saturated carbocycles. The second-order valence-corrected chi connectivity index (χ2v) is 7.58. The number of likely N-dealkylation sites (tertiary alicyclic amines) is 1. The molecule has 3 aromatic rings. The van der Waals surface area contributed by atoms with Crippen LogP contribution in [0.25, 0.3) is 11.4 Å². The Labute approximate surface area is 178 Å². The number of urea groups is 1. The zero-order valence-electron chi connectivity index (χ0n) is 16.2. The van der Waals surface area contributed by atoms with Gasteiger partial charge in [0.1, 0.15) is 0 Å². The quantitative estimate of drug-likeness (QED) is 0.661. The third-order valence-corrected chi connectivity index (χ3v) is 5.21. The summed E-state index contributed by atoms with van der Waals surface area (Å²) in [5.74, 6) is 1.01. The Balaban J connectivity index is 1.38. The lowest BCUT2D eigenvalue weighted by molar-refractivity contribution is 0.243. The zero-order valence-corrected chi connectivity index (χ0v) is 16.9. The molecule has 2 amide bonds. The van der Waals surface area contributed by atoms with Crippen LogP contribution in [0.2, 0.25) is 5.02 Å². The van der Waals surface area contributed by atoms with Gasteiger partial charge in [-0.3, -0.25) is 4.90 Å². The Morgan fingerprint density at radius 2 is 2.10 bits per heavy atom. The number of nitrogens with one attached hydrogen (secondary N) is 2. The number of benzene rings is 2. The molecular weight excluding hydrogens is 404 g/mol. The van der Waals surface area contributed by atoms with Crippen molar-refractivity contribution >= 4 is 23.3 Å². The van der Waals surface area contributed by atoms with Crippen molar-refractivity contribution in [3.63, 3.8) is 0 Å². The molecule has 2 aromatic carbocycles. The van der Waals surface area contributed by atoms with Gasteiger partial charge in [-0.05, 0) is 55.9 Å². The van der Waals surface area contributed by atoms with Crippen molar-refractivity contribution in [3.8, 4) is 17.5 Å². The Morgan fingerprint density at radius 3 is 2.87 bits per heavy atom. The fourth-order valence-electron chi connectivity index (χ4n) is 3.50. The average molecular weight is 423 g/mol. The van der Waals surface area contributed by atoms with Gasteiger partial charge in [0.2, 0.25) is 11.7 Å². The van der Waals surface area contributed by atoms with Crippen molar-refractivity contribution in [2.75, 3.05) is 18.9 Å². The number of amides is 2. The fraction of sp³-hybridized carbons (Fsp3) is 0.238. The molecule has 0 bridgehead atoms. The molecule has 0 radical (unpaired) electrons. The van der Waals surface area contributed by atoms with E-state index in [1.165, 1.54) is 0 Å². The fourth-order valence-corrected chi connectivity index (χ4v) is 3.62. The highest BCUT2D eigenvalue weighted by atomic mass is 35.5. The van der Waals surface area contributed by atoms with E-state index in [1.54, 1.807) is 36.4 Å². The largest absolute Gasteiger partial charge is 0.337 e. The van der Waals surface area contributed by atoms with E-state index >= 15 is 0 Å². The zero-order chi connectivity index (χ0) is 21.1. The summed E-state index contributed by atoms with van der Waals surface area (Å²) in [6.45, 7) is 0.648. The Hall–Kier alpha value is -3.41. The maximum absolute atomic E-state index is 12.3. The summed E-state index contributed by atoms with van der Waals surface area (Å²) in [6.07, 6.45) is 0.643. The van der Waals surface area contributed by atoms with E-state index < -0.39 is 0 Å². The third kappa shape index (κ3) is 4.43. The monoisotopic (exact) mass is 422 g/mol. The van der Waals surface area contributed by atoms with E-state index in [2.05, 4.69) is 31.7 Å². The first-order valence-electron chi connectivity index (χ1n) is 9.39. The second kappa shape index (κ2) is 8.53. The van der Waals surface area contributed by atoms with Crippen LogP contribution in [0, 0.1) is 11.3 Å². The smallest absolute Gasteiger partial charge is 0.319 e. The highest BCUT2D eigenvalue weighted by molar-refractivity contribution is 6.30. The van der Waals surface area contributed by atoms with Gasteiger partial charge in [0, 0.05) is 28.9 Å². The minimum Gasteiger partial charge on any atom is -0.337 e. The second-order valence-electron chi connectivity index (χ2n) is 7.14. The summed E-state index contributed by atoms with van der Waals surface area (Å²) in [5, 5.41) is 19.4. The number of nitrogens with zero attached hydrogens (tertiary/aromatic N) is 4. The molecule has 152 valence electrons. The number of halogens is 1. The van der Waals surface area contributed by atoms with Crippen LogP contribution >= 0.6 is 11.6 Å². The first kappa shape index (κ1) is 19.9. The SMILES string of the molecule is CN1CC(NC(=O)Nc2cccc(C#N)c2)CC1c1nc(-c2ccc(Cl)cc2)no1. The van der Waals surface area contributed by atoms with Crippen LogP contribution in [0.1, 0.15) is 23.9 Å². The summed E-state index contributed by atoms with van der Waals surface area (Å²) < 4.78 is 5.48. The Morgan fingerprint density at radius 1 is 1.30 bits per heavy atom. The number of hydrogen-bond acceptors (Lipinski definition) is 6. The maximum atomic E-state index is 12.3. The van der Waals surface area contributed by atoms with Gasteiger partial charge in [0.15, 0.2) is 0 Å². The molecule has 9 heteroatoms. The van der Waals surface area contributed by atoms with Gasteiger partial charge in [-0.2, -0.15) is 10.2 Å². The van der Waals surface area contributed by atoms with E-state index in [4.69, 9.17) is 21.4 Å². The molecule has 1 saturated heterocycles. The van der Waals surface area contributed by atoms with Gasteiger partial charge >= 0.3 is 6.03 Å². The molecule has 0 aliphatic carbocycles. The molecule has 1 fully saturated rings. The number of nitriles is 1. The molecule has 2 unspecified atom stereocenters. The van der Waals surface area contributed by atoms with Crippen molar-refractivity contribution in [2.24, 2.45) is 0 Å². The van der Waals surface area contributed by atoms with Crippen molar-refractivity contribution in [2.45, 2.75) is 18.5 Å². The number of aromatic nitrogens is 2. The summed E-state index contributed by atoms with van der Waals surface area (Å²) in [6, 6.07) is 15.6. The van der Waals surface area contributed by atoms with E-state index in [0.29, 0.717) is 41.0 Å². The molecule has 30 heavy (non-hydrogen) atoms. The van der Waals surface area contributed by atoms with Crippen LogP contribution in [0.3, 0.4) is 0 Å². The highest BCUT2D eigenvalue weighted by Crippen LogP contribution is 2.31. The summed E-state index contributed by atoms with van der Waals surface area (Å²) in [5.41, 5.74) is 1.88. The first-order chi connectivity index (χ1) is 14.5. The average Bonchev–Trinajstić information content (AvgIpc) is 3.35. The lowest BCUT2D eigenvalue weighted by atomic mass is 10.1. The minimum absolute atomic E-state index is 0.0787. The number of likely N-dealkylation sites (N-methyl/N-ethyl adjacent to an activating group) is 1.